The molecule has 0 bridgehead atoms. The Balaban J connectivity index is 0.000000195. The van der Waals surface area contributed by atoms with Crippen LogP contribution in [0.5, 0.6) is 0 Å². The van der Waals surface area contributed by atoms with E-state index in [0.717, 1.165) is 34.6 Å². The van der Waals surface area contributed by atoms with Crippen LogP contribution < -0.4 is 0 Å². The van der Waals surface area contributed by atoms with Crippen LogP contribution in [0.4, 0.5) is 0 Å². The zero-order chi connectivity index (χ0) is 19.7. The average Bonchev–Trinajstić information content (AvgIpc) is 2.66. The molecule has 0 unspecified atom stereocenters. The third kappa shape index (κ3) is 7.98. The van der Waals surface area contributed by atoms with Gasteiger partial charge in [0.25, 0.3) is 0 Å². The van der Waals surface area contributed by atoms with Gasteiger partial charge in [-0.25, -0.2) is 0 Å². The van der Waals surface area contributed by atoms with Crippen molar-refractivity contribution in [3.63, 3.8) is 0 Å². The minimum Gasteiger partial charge on any atom is -0.254 e. The molecule has 0 saturated carbocycles. The Morgan fingerprint density at radius 3 is 2.04 bits per heavy atom. The molecule has 3 rings (SSSR count). The Labute approximate surface area is 174 Å². The monoisotopic (exact) mass is 534 g/mol. The Hall–Kier alpha value is -0.821. The molecule has 2 heterocycles. The summed E-state index contributed by atoms with van der Waals surface area (Å²) in [5, 5.41) is 2.28. The first-order chi connectivity index (χ1) is 12.9. The number of fused-ring (bicyclic) bond motifs is 3. The second kappa shape index (κ2) is 11.2. The van der Waals surface area contributed by atoms with Gasteiger partial charge in [0.1, 0.15) is 0 Å². The van der Waals surface area contributed by atoms with Crippen molar-refractivity contribution in [2.24, 2.45) is 0 Å². The molecule has 144 valence electrons. The number of unbranched alkanes of at least 4 members (excludes halogenated alkanes) is 1. The van der Waals surface area contributed by atoms with Crippen LogP contribution in [0.15, 0.2) is 48.8 Å². The summed E-state index contributed by atoms with van der Waals surface area (Å²) in [6.07, 6.45) is 5.75. The summed E-state index contributed by atoms with van der Waals surface area (Å²) < 4.78 is 5.30. The molecule has 0 aliphatic carbocycles. The molecule has 0 atom stereocenters. The number of aromatic nitrogens is 2. The minimum absolute atomic E-state index is 0.246. The summed E-state index contributed by atoms with van der Waals surface area (Å²) in [6, 6.07) is 12.1. The van der Waals surface area contributed by atoms with Crippen LogP contribution >= 0.6 is 26.8 Å². The summed E-state index contributed by atoms with van der Waals surface area (Å²) in [7, 11) is 17.0. The van der Waals surface area contributed by atoms with Crippen LogP contribution in [-0.2, 0) is 9.53 Å². The molecule has 0 amide bonds. The van der Waals surface area contributed by atoms with E-state index >= 15 is 0 Å². The number of hydrogen-bond donors (Lipinski definition) is 0. The fourth-order valence-corrected chi connectivity index (χ4v) is 5.62. The van der Waals surface area contributed by atoms with E-state index in [-0.39, 0.29) is 12.4 Å². The standard InChI is InChI=1S/C12H8N2.C7H13O2.3ClH.Sn/c1-3-9-5-6-10-4-2-8-14-12(10)11(9)13-7-1;1-3-5-6-9-7(8)4-2;;;;/h1-8H;2-6H2,1H3;3*1H;/q;;;;;+3/p-3. The van der Waals surface area contributed by atoms with Crippen molar-refractivity contribution >= 4 is 69.5 Å². The predicted octanol–water partition coefficient (Wildman–Crippen LogP) is 6.16. The Morgan fingerprint density at radius 2 is 1.56 bits per heavy atom. The Bertz CT molecular complexity index is 833. The van der Waals surface area contributed by atoms with Crippen molar-refractivity contribution in [3.8, 4) is 0 Å². The second-order valence-corrected chi connectivity index (χ2v) is 27.7. The predicted molar refractivity (Wildman–Crippen MR) is 116 cm³/mol. The molecular formula is C19H21Cl3N2O2Sn. The van der Waals surface area contributed by atoms with Crippen LogP contribution in [0.3, 0.4) is 0 Å². The number of rotatable bonds is 6. The largest absolute Gasteiger partial charge is 0.254 e. The zero-order valence-electron chi connectivity index (χ0n) is 15.0. The van der Waals surface area contributed by atoms with E-state index in [1.165, 1.54) is 0 Å². The van der Waals surface area contributed by atoms with E-state index in [1.54, 1.807) is 12.4 Å². The number of carbonyl (C=O) groups excluding carboxylic acids is 1. The number of hydrogen-bond acceptors (Lipinski definition) is 4. The van der Waals surface area contributed by atoms with Crippen molar-refractivity contribution in [1.82, 2.24) is 9.97 Å². The number of pyridine rings is 2. The maximum atomic E-state index is 11.0. The fourth-order valence-electron chi connectivity index (χ4n) is 2.33. The summed E-state index contributed by atoms with van der Waals surface area (Å²) in [4.78, 5) is 19.7. The van der Waals surface area contributed by atoms with Crippen LogP contribution in [0.2, 0.25) is 4.44 Å². The maximum Gasteiger partial charge on any atom is 0.0964 e. The number of halogens is 3. The number of carbonyl (C=O) groups is 1. The first kappa shape index (κ1) is 22.5. The molecule has 4 nitrogen and oxygen atoms in total. The van der Waals surface area contributed by atoms with Crippen LogP contribution in [0.1, 0.15) is 26.2 Å². The molecule has 0 spiro atoms. The van der Waals surface area contributed by atoms with Crippen molar-refractivity contribution in [3.05, 3.63) is 48.8 Å². The topological polar surface area (TPSA) is 52.1 Å². The second-order valence-electron chi connectivity index (χ2n) is 5.91. The van der Waals surface area contributed by atoms with Gasteiger partial charge in [-0.2, -0.15) is 0 Å². The first-order valence-corrected chi connectivity index (χ1v) is 21.6. The van der Waals surface area contributed by atoms with E-state index < -0.39 is 15.0 Å². The van der Waals surface area contributed by atoms with Crippen LogP contribution in [0.25, 0.3) is 21.8 Å². The third-order valence-corrected chi connectivity index (χ3v) is 9.85. The smallest absolute Gasteiger partial charge is 0.0964 e. The maximum absolute atomic E-state index is 11.0. The molecule has 8 heteroatoms. The zero-order valence-corrected chi connectivity index (χ0v) is 20.1. The molecule has 2 aromatic heterocycles. The molecule has 0 aliphatic heterocycles. The van der Waals surface area contributed by atoms with E-state index in [2.05, 4.69) is 34.2 Å². The molecule has 0 fully saturated rings. The molecule has 3 aromatic rings. The molecule has 0 aliphatic rings. The SMILES string of the molecule is CCCCOC(=O)C[CH2][Sn]([Cl])([Cl])[Cl].c1cnc2c(c1)ccc1cccnc12. The van der Waals surface area contributed by atoms with Crippen molar-refractivity contribution in [2.45, 2.75) is 30.6 Å². The molecule has 1 aromatic carbocycles. The normalized spacial score (nSPS) is 11.1. The van der Waals surface area contributed by atoms with E-state index in [9.17, 15) is 4.79 Å². The van der Waals surface area contributed by atoms with E-state index in [0.29, 0.717) is 11.0 Å². The number of benzene rings is 1. The van der Waals surface area contributed by atoms with Gasteiger partial charge in [0, 0.05) is 23.2 Å². The van der Waals surface area contributed by atoms with Gasteiger partial charge in [-0.15, -0.1) is 0 Å². The van der Waals surface area contributed by atoms with Crippen molar-refractivity contribution in [1.29, 1.82) is 0 Å². The van der Waals surface area contributed by atoms with E-state index in [4.69, 9.17) is 31.5 Å². The van der Waals surface area contributed by atoms with Crippen molar-refractivity contribution in [2.75, 3.05) is 6.61 Å². The molecule has 27 heavy (non-hydrogen) atoms. The average molecular weight is 534 g/mol. The van der Waals surface area contributed by atoms with E-state index in [1.807, 2.05) is 19.1 Å². The van der Waals surface area contributed by atoms with Crippen LogP contribution in [-0.4, -0.2) is 37.5 Å². The quantitative estimate of drug-likeness (QED) is 0.165. The third-order valence-electron chi connectivity index (χ3n) is 3.72. The first-order valence-electron chi connectivity index (χ1n) is 8.71. The van der Waals surface area contributed by atoms with Gasteiger partial charge in [0.15, 0.2) is 0 Å². The Kier molecular flexibility index (Phi) is 9.36. The van der Waals surface area contributed by atoms with Crippen LogP contribution in [0, 0.1) is 0 Å². The number of esters is 1. The van der Waals surface area contributed by atoms with Gasteiger partial charge >= 0.3 is 94.5 Å². The fraction of sp³-hybridized carbons (Fsp3) is 0.316. The summed E-state index contributed by atoms with van der Waals surface area (Å²) in [5.41, 5.74) is 1.95. The van der Waals surface area contributed by atoms with Gasteiger partial charge in [0.05, 0.1) is 11.0 Å². The number of nitrogens with zero attached hydrogens (tertiary/aromatic N) is 2. The van der Waals surface area contributed by atoms with Crippen molar-refractivity contribution < 1.29 is 9.53 Å². The summed E-state index contributed by atoms with van der Waals surface area (Å²) in [6.45, 7) is 2.51. The van der Waals surface area contributed by atoms with Gasteiger partial charge in [0.2, 0.25) is 0 Å². The summed E-state index contributed by atoms with van der Waals surface area (Å²) in [5.74, 6) is -0.253. The molecule has 0 N–H and O–H groups in total. The van der Waals surface area contributed by atoms with Gasteiger partial charge in [-0.1, -0.05) is 24.3 Å². The summed E-state index contributed by atoms with van der Waals surface area (Å²) >= 11 is -3.31. The molecule has 0 saturated heterocycles. The molecular weight excluding hydrogens is 513 g/mol. The minimum atomic E-state index is -3.31. The van der Waals surface area contributed by atoms with Gasteiger partial charge in [-0.05, 0) is 12.1 Å². The Morgan fingerprint density at radius 1 is 1.00 bits per heavy atom. The van der Waals surface area contributed by atoms with Gasteiger partial charge < -0.3 is 0 Å². The molecule has 0 radical (unpaired) electrons. The number of ether oxygens (including phenoxy) is 1. The van der Waals surface area contributed by atoms with Gasteiger partial charge in [-0.3, -0.25) is 9.97 Å².